The smallest absolute Gasteiger partial charge is 0.252 e. The number of amides is 1. The van der Waals surface area contributed by atoms with Crippen LogP contribution in [0.3, 0.4) is 0 Å². The molecule has 0 aromatic heterocycles. The van der Waals surface area contributed by atoms with Gasteiger partial charge in [0.2, 0.25) is 0 Å². The van der Waals surface area contributed by atoms with E-state index in [1.807, 2.05) is 13.0 Å². The van der Waals surface area contributed by atoms with Crippen molar-refractivity contribution in [2.24, 2.45) is 16.7 Å². The highest BCUT2D eigenvalue weighted by molar-refractivity contribution is 5.86. The summed E-state index contributed by atoms with van der Waals surface area (Å²) in [5.74, 6) is 0.0870. The van der Waals surface area contributed by atoms with E-state index in [1.165, 1.54) is 7.05 Å². The first kappa shape index (κ1) is 11.2. The number of hydroxylamine groups is 2. The highest BCUT2D eigenvalue weighted by Gasteiger charge is 2.71. The molecular formula is C11H19NO2. The van der Waals surface area contributed by atoms with Crippen molar-refractivity contribution < 1.29 is 10.0 Å². The summed E-state index contributed by atoms with van der Waals surface area (Å²) < 4.78 is 0. The van der Waals surface area contributed by atoms with Crippen LogP contribution < -0.4 is 0 Å². The fourth-order valence-corrected chi connectivity index (χ4v) is 2.56. The second-order valence-corrected chi connectivity index (χ2v) is 4.83. The molecule has 1 amide bonds. The van der Waals surface area contributed by atoms with E-state index in [1.54, 1.807) is 0 Å². The molecule has 3 heteroatoms. The van der Waals surface area contributed by atoms with Crippen LogP contribution in [-0.2, 0) is 4.79 Å². The zero-order valence-corrected chi connectivity index (χ0v) is 9.37. The molecule has 14 heavy (non-hydrogen) atoms. The highest BCUT2D eigenvalue weighted by atomic mass is 16.5. The van der Waals surface area contributed by atoms with Crippen molar-refractivity contribution in [3.05, 3.63) is 12.7 Å². The largest absolute Gasteiger partial charge is 0.286 e. The molecule has 1 saturated carbocycles. The number of carbonyl (C=O) groups excluding carboxylic acids is 1. The Hall–Kier alpha value is -0.830. The van der Waals surface area contributed by atoms with E-state index in [2.05, 4.69) is 20.4 Å². The first-order valence-electron chi connectivity index (χ1n) is 4.88. The van der Waals surface area contributed by atoms with Crippen molar-refractivity contribution in [2.45, 2.75) is 27.2 Å². The molecule has 2 atom stereocenters. The standard InChI is InChI=1S/C11H19NO2/c1-6-7-8-10(2,3)11(8,4)9(13)12(5)14/h6,8,14H,1,7H2,2-5H3. The van der Waals surface area contributed by atoms with Crippen molar-refractivity contribution in [1.29, 1.82) is 0 Å². The van der Waals surface area contributed by atoms with Gasteiger partial charge in [0, 0.05) is 7.05 Å². The number of hydrogen-bond acceptors (Lipinski definition) is 2. The lowest BCUT2D eigenvalue weighted by molar-refractivity contribution is -0.166. The summed E-state index contributed by atoms with van der Waals surface area (Å²) in [4.78, 5) is 11.8. The summed E-state index contributed by atoms with van der Waals surface area (Å²) >= 11 is 0. The van der Waals surface area contributed by atoms with Gasteiger partial charge in [-0.15, -0.1) is 6.58 Å². The Morgan fingerprint density at radius 3 is 2.43 bits per heavy atom. The van der Waals surface area contributed by atoms with Gasteiger partial charge in [0.15, 0.2) is 0 Å². The van der Waals surface area contributed by atoms with Gasteiger partial charge in [-0.1, -0.05) is 19.9 Å². The minimum absolute atomic E-state index is 0.0464. The van der Waals surface area contributed by atoms with Crippen molar-refractivity contribution in [1.82, 2.24) is 5.06 Å². The number of carbonyl (C=O) groups is 1. The first-order chi connectivity index (χ1) is 6.30. The summed E-state index contributed by atoms with van der Waals surface area (Å²) in [7, 11) is 1.38. The van der Waals surface area contributed by atoms with Gasteiger partial charge in [-0.2, -0.15) is 0 Å². The predicted octanol–water partition coefficient (Wildman–Crippen LogP) is 2.07. The van der Waals surface area contributed by atoms with Crippen LogP contribution >= 0.6 is 0 Å². The third-order valence-corrected chi connectivity index (χ3v) is 3.96. The van der Waals surface area contributed by atoms with E-state index in [4.69, 9.17) is 0 Å². The fraction of sp³-hybridized carbons (Fsp3) is 0.727. The molecule has 0 radical (unpaired) electrons. The van der Waals surface area contributed by atoms with Crippen LogP contribution in [0.4, 0.5) is 0 Å². The van der Waals surface area contributed by atoms with Crippen LogP contribution in [0.25, 0.3) is 0 Å². The second kappa shape index (κ2) is 3.09. The summed E-state index contributed by atoms with van der Waals surface area (Å²) in [6.45, 7) is 9.72. The molecule has 1 rings (SSSR count). The number of allylic oxidation sites excluding steroid dienone is 1. The van der Waals surface area contributed by atoms with Gasteiger partial charge >= 0.3 is 0 Å². The average Bonchev–Trinajstić information content (AvgIpc) is 2.51. The Balaban J connectivity index is 2.87. The average molecular weight is 197 g/mol. The van der Waals surface area contributed by atoms with E-state index >= 15 is 0 Å². The zero-order valence-electron chi connectivity index (χ0n) is 9.37. The molecule has 1 N–H and O–H groups in total. The third-order valence-electron chi connectivity index (χ3n) is 3.96. The maximum absolute atomic E-state index is 11.8. The molecule has 0 aromatic rings. The van der Waals surface area contributed by atoms with Crippen LogP contribution in [0.15, 0.2) is 12.7 Å². The first-order valence-corrected chi connectivity index (χ1v) is 4.88. The van der Waals surface area contributed by atoms with Crippen molar-refractivity contribution in [3.63, 3.8) is 0 Å². The van der Waals surface area contributed by atoms with E-state index < -0.39 is 5.41 Å². The van der Waals surface area contributed by atoms with Gasteiger partial charge in [-0.3, -0.25) is 10.0 Å². The predicted molar refractivity (Wildman–Crippen MR) is 54.7 cm³/mol. The molecule has 0 aromatic carbocycles. The Bertz CT molecular complexity index is 270. The van der Waals surface area contributed by atoms with E-state index in [-0.39, 0.29) is 17.2 Å². The molecular weight excluding hydrogens is 178 g/mol. The van der Waals surface area contributed by atoms with Crippen LogP contribution in [0.1, 0.15) is 27.2 Å². The lowest BCUT2D eigenvalue weighted by atomic mass is 9.97. The maximum Gasteiger partial charge on any atom is 0.252 e. The molecule has 1 fully saturated rings. The lowest BCUT2D eigenvalue weighted by Gasteiger charge is -2.17. The molecule has 1 aliphatic rings. The molecule has 0 bridgehead atoms. The molecule has 80 valence electrons. The lowest BCUT2D eigenvalue weighted by Crippen LogP contribution is -2.32. The van der Waals surface area contributed by atoms with Gasteiger partial charge in [0.25, 0.3) is 5.91 Å². The van der Waals surface area contributed by atoms with Gasteiger partial charge in [-0.05, 0) is 24.7 Å². The summed E-state index contributed by atoms with van der Waals surface area (Å²) in [5.41, 5.74) is -0.486. The summed E-state index contributed by atoms with van der Waals surface area (Å²) in [5, 5.41) is 9.87. The van der Waals surface area contributed by atoms with Crippen LogP contribution in [-0.4, -0.2) is 23.2 Å². The van der Waals surface area contributed by atoms with Crippen LogP contribution in [0.2, 0.25) is 0 Å². The second-order valence-electron chi connectivity index (χ2n) is 4.83. The Morgan fingerprint density at radius 2 is 2.07 bits per heavy atom. The van der Waals surface area contributed by atoms with E-state index in [0.717, 1.165) is 6.42 Å². The topological polar surface area (TPSA) is 40.5 Å². The molecule has 0 aliphatic heterocycles. The van der Waals surface area contributed by atoms with Crippen molar-refractivity contribution >= 4 is 5.91 Å². The van der Waals surface area contributed by atoms with Gasteiger partial charge in [0.1, 0.15) is 0 Å². The maximum atomic E-state index is 11.8. The van der Waals surface area contributed by atoms with Crippen LogP contribution in [0, 0.1) is 16.7 Å². The van der Waals surface area contributed by atoms with Crippen LogP contribution in [0.5, 0.6) is 0 Å². The molecule has 0 spiro atoms. The number of rotatable bonds is 3. The van der Waals surface area contributed by atoms with E-state index in [0.29, 0.717) is 5.06 Å². The normalized spacial score (nSPS) is 33.6. The molecule has 3 nitrogen and oxygen atoms in total. The molecule has 0 saturated heterocycles. The minimum Gasteiger partial charge on any atom is -0.286 e. The quantitative estimate of drug-likeness (QED) is 0.427. The van der Waals surface area contributed by atoms with Gasteiger partial charge in [0.05, 0.1) is 5.41 Å². The number of hydrogen-bond donors (Lipinski definition) is 1. The number of nitrogens with zero attached hydrogens (tertiary/aromatic N) is 1. The molecule has 0 heterocycles. The zero-order chi connectivity index (χ0) is 11.1. The highest BCUT2D eigenvalue weighted by Crippen LogP contribution is 2.70. The molecule has 1 aliphatic carbocycles. The van der Waals surface area contributed by atoms with Gasteiger partial charge < -0.3 is 0 Å². The van der Waals surface area contributed by atoms with E-state index in [9.17, 15) is 10.0 Å². The summed E-state index contributed by atoms with van der Waals surface area (Å²) in [6, 6.07) is 0. The van der Waals surface area contributed by atoms with Crippen molar-refractivity contribution in [2.75, 3.05) is 7.05 Å². The Morgan fingerprint density at radius 1 is 1.57 bits per heavy atom. The minimum atomic E-state index is -0.440. The Kier molecular flexibility index (Phi) is 2.48. The van der Waals surface area contributed by atoms with Gasteiger partial charge in [-0.25, -0.2) is 5.06 Å². The fourth-order valence-electron chi connectivity index (χ4n) is 2.56. The Labute approximate surface area is 85.4 Å². The third kappa shape index (κ3) is 1.19. The monoisotopic (exact) mass is 197 g/mol. The molecule has 2 unspecified atom stereocenters. The van der Waals surface area contributed by atoms with Crippen molar-refractivity contribution in [3.8, 4) is 0 Å². The summed E-state index contributed by atoms with van der Waals surface area (Å²) in [6.07, 6.45) is 2.66. The SMILES string of the molecule is C=CCC1C(C)(C)C1(C)C(=O)N(C)O.